The van der Waals surface area contributed by atoms with Gasteiger partial charge in [-0.1, -0.05) is 31.9 Å². The largest absolute Gasteiger partial charge is 0.493 e. The molecule has 0 fully saturated rings. The van der Waals surface area contributed by atoms with E-state index in [0.29, 0.717) is 17.5 Å². The van der Waals surface area contributed by atoms with E-state index in [4.69, 9.17) is 16.3 Å². The Morgan fingerprint density at radius 1 is 1.38 bits per heavy atom. The van der Waals surface area contributed by atoms with Gasteiger partial charge in [0.15, 0.2) is 0 Å². The SMILES string of the molecule is CCC(C)COc1ccc(Cl)cc1C(C)O. The number of rotatable bonds is 5. The topological polar surface area (TPSA) is 29.5 Å². The molecule has 0 radical (unpaired) electrons. The van der Waals surface area contributed by atoms with Gasteiger partial charge in [-0.05, 0) is 31.0 Å². The third kappa shape index (κ3) is 3.69. The minimum absolute atomic E-state index is 0.512. The van der Waals surface area contributed by atoms with Gasteiger partial charge in [0.25, 0.3) is 0 Å². The normalized spacial score (nSPS) is 14.6. The van der Waals surface area contributed by atoms with Gasteiger partial charge in [-0.25, -0.2) is 0 Å². The lowest BCUT2D eigenvalue weighted by Crippen LogP contribution is -2.09. The Balaban J connectivity index is 2.78. The van der Waals surface area contributed by atoms with Gasteiger partial charge in [-0.3, -0.25) is 0 Å². The van der Waals surface area contributed by atoms with Crippen molar-refractivity contribution in [2.45, 2.75) is 33.3 Å². The van der Waals surface area contributed by atoms with Crippen molar-refractivity contribution < 1.29 is 9.84 Å². The number of aliphatic hydroxyl groups is 1. The van der Waals surface area contributed by atoms with Crippen LogP contribution in [0, 0.1) is 5.92 Å². The van der Waals surface area contributed by atoms with Gasteiger partial charge >= 0.3 is 0 Å². The number of halogens is 1. The molecule has 0 saturated carbocycles. The van der Waals surface area contributed by atoms with Crippen LogP contribution >= 0.6 is 11.6 Å². The number of ether oxygens (including phenoxy) is 1. The van der Waals surface area contributed by atoms with Crippen LogP contribution in [0.4, 0.5) is 0 Å². The molecule has 3 heteroatoms. The van der Waals surface area contributed by atoms with Crippen LogP contribution < -0.4 is 4.74 Å². The molecule has 2 nitrogen and oxygen atoms in total. The molecule has 0 aliphatic heterocycles. The maximum absolute atomic E-state index is 9.61. The van der Waals surface area contributed by atoms with Crippen LogP contribution in [0.15, 0.2) is 18.2 Å². The highest BCUT2D eigenvalue weighted by molar-refractivity contribution is 6.30. The quantitative estimate of drug-likeness (QED) is 0.851. The molecule has 0 aliphatic carbocycles. The van der Waals surface area contributed by atoms with E-state index in [1.807, 2.05) is 6.07 Å². The second-order valence-electron chi connectivity index (χ2n) is 4.18. The monoisotopic (exact) mass is 242 g/mol. The maximum Gasteiger partial charge on any atom is 0.125 e. The van der Waals surface area contributed by atoms with Gasteiger partial charge in [0.2, 0.25) is 0 Å². The molecule has 0 heterocycles. The van der Waals surface area contributed by atoms with E-state index >= 15 is 0 Å². The van der Waals surface area contributed by atoms with Crippen molar-refractivity contribution in [3.8, 4) is 5.75 Å². The zero-order chi connectivity index (χ0) is 12.1. The highest BCUT2D eigenvalue weighted by Gasteiger charge is 2.10. The minimum Gasteiger partial charge on any atom is -0.493 e. The van der Waals surface area contributed by atoms with E-state index < -0.39 is 6.10 Å². The molecule has 1 N–H and O–H groups in total. The highest BCUT2D eigenvalue weighted by Crippen LogP contribution is 2.28. The van der Waals surface area contributed by atoms with Crippen molar-refractivity contribution in [1.29, 1.82) is 0 Å². The number of hydrogen-bond acceptors (Lipinski definition) is 2. The summed E-state index contributed by atoms with van der Waals surface area (Å²) in [6, 6.07) is 5.34. The first-order chi connectivity index (χ1) is 7.54. The van der Waals surface area contributed by atoms with Crippen LogP contribution in [-0.2, 0) is 0 Å². The second kappa shape index (κ2) is 6.12. The lowest BCUT2D eigenvalue weighted by Gasteiger charge is -2.16. The van der Waals surface area contributed by atoms with Gasteiger partial charge < -0.3 is 9.84 Å². The predicted molar refractivity (Wildman–Crippen MR) is 67.0 cm³/mol. The summed E-state index contributed by atoms with van der Waals surface area (Å²) in [7, 11) is 0. The van der Waals surface area contributed by atoms with Gasteiger partial charge in [0.05, 0.1) is 12.7 Å². The third-order valence-electron chi connectivity index (χ3n) is 2.64. The van der Waals surface area contributed by atoms with Crippen molar-refractivity contribution in [3.63, 3.8) is 0 Å². The van der Waals surface area contributed by atoms with Crippen LogP contribution in [0.5, 0.6) is 5.75 Å². The fourth-order valence-corrected chi connectivity index (χ4v) is 1.51. The third-order valence-corrected chi connectivity index (χ3v) is 2.88. The molecule has 1 rings (SSSR count). The lowest BCUT2D eigenvalue weighted by molar-refractivity contribution is 0.186. The average Bonchev–Trinajstić information content (AvgIpc) is 2.26. The van der Waals surface area contributed by atoms with E-state index in [9.17, 15) is 5.11 Å². The lowest BCUT2D eigenvalue weighted by atomic mass is 10.1. The highest BCUT2D eigenvalue weighted by atomic mass is 35.5. The maximum atomic E-state index is 9.61. The van der Waals surface area contributed by atoms with Crippen molar-refractivity contribution >= 4 is 11.6 Å². The van der Waals surface area contributed by atoms with Crippen LogP contribution in [0.3, 0.4) is 0 Å². The average molecular weight is 243 g/mol. The minimum atomic E-state index is -0.564. The Kier molecular flexibility index (Phi) is 5.10. The molecule has 0 bridgehead atoms. The molecule has 1 aromatic rings. The molecule has 2 unspecified atom stereocenters. The molecule has 0 aromatic heterocycles. The van der Waals surface area contributed by atoms with E-state index in [2.05, 4.69) is 13.8 Å². The molecular formula is C13H19ClO2. The molecule has 16 heavy (non-hydrogen) atoms. The first kappa shape index (κ1) is 13.3. The molecule has 0 spiro atoms. The van der Waals surface area contributed by atoms with Crippen LogP contribution in [-0.4, -0.2) is 11.7 Å². The Labute approximate surface area is 102 Å². The van der Waals surface area contributed by atoms with Gasteiger partial charge in [-0.15, -0.1) is 0 Å². The summed E-state index contributed by atoms with van der Waals surface area (Å²) in [5, 5.41) is 10.2. The summed E-state index contributed by atoms with van der Waals surface area (Å²) in [6.45, 7) is 6.64. The van der Waals surface area contributed by atoms with Gasteiger partial charge in [0, 0.05) is 10.6 Å². The van der Waals surface area contributed by atoms with Crippen LogP contribution in [0.1, 0.15) is 38.9 Å². The number of hydrogen-bond donors (Lipinski definition) is 1. The van der Waals surface area contributed by atoms with Gasteiger partial charge in [0.1, 0.15) is 5.75 Å². The van der Waals surface area contributed by atoms with Crippen LogP contribution in [0.25, 0.3) is 0 Å². The Hall–Kier alpha value is -0.730. The van der Waals surface area contributed by atoms with E-state index in [1.54, 1.807) is 19.1 Å². The molecule has 2 atom stereocenters. The fraction of sp³-hybridized carbons (Fsp3) is 0.538. The van der Waals surface area contributed by atoms with Crippen molar-refractivity contribution in [2.24, 2.45) is 5.92 Å². The number of aliphatic hydroxyl groups excluding tert-OH is 1. The van der Waals surface area contributed by atoms with Crippen LogP contribution in [0.2, 0.25) is 5.02 Å². The summed E-state index contributed by atoms with van der Waals surface area (Å²) < 4.78 is 5.69. The van der Waals surface area contributed by atoms with Crippen molar-refractivity contribution in [1.82, 2.24) is 0 Å². The zero-order valence-electron chi connectivity index (χ0n) is 10.0. The molecular weight excluding hydrogens is 224 g/mol. The summed E-state index contributed by atoms with van der Waals surface area (Å²) in [5.74, 6) is 1.23. The van der Waals surface area contributed by atoms with Crippen molar-refractivity contribution in [2.75, 3.05) is 6.61 Å². The predicted octanol–water partition coefficient (Wildman–Crippen LogP) is 3.82. The Morgan fingerprint density at radius 2 is 2.06 bits per heavy atom. The molecule has 90 valence electrons. The molecule has 0 saturated heterocycles. The molecule has 1 aromatic carbocycles. The van der Waals surface area contributed by atoms with E-state index in [-0.39, 0.29) is 0 Å². The van der Waals surface area contributed by atoms with E-state index in [0.717, 1.165) is 17.7 Å². The summed E-state index contributed by atoms with van der Waals surface area (Å²) in [4.78, 5) is 0. The summed E-state index contributed by atoms with van der Waals surface area (Å²) in [5.41, 5.74) is 0.746. The summed E-state index contributed by atoms with van der Waals surface area (Å²) in [6.07, 6.45) is 0.517. The second-order valence-corrected chi connectivity index (χ2v) is 4.62. The first-order valence-corrected chi connectivity index (χ1v) is 6.02. The Bertz CT molecular complexity index is 337. The van der Waals surface area contributed by atoms with E-state index in [1.165, 1.54) is 0 Å². The van der Waals surface area contributed by atoms with Gasteiger partial charge in [-0.2, -0.15) is 0 Å². The van der Waals surface area contributed by atoms with Crippen molar-refractivity contribution in [3.05, 3.63) is 28.8 Å². The fourth-order valence-electron chi connectivity index (χ4n) is 1.33. The molecule has 0 aliphatic rings. The number of benzene rings is 1. The zero-order valence-corrected chi connectivity index (χ0v) is 10.8. The first-order valence-electron chi connectivity index (χ1n) is 5.64. The molecule has 0 amide bonds. The smallest absolute Gasteiger partial charge is 0.125 e. The summed E-state index contributed by atoms with van der Waals surface area (Å²) >= 11 is 5.88. The standard InChI is InChI=1S/C13H19ClO2/c1-4-9(2)8-16-13-6-5-11(14)7-12(13)10(3)15/h5-7,9-10,15H,4,8H2,1-3H3. The Morgan fingerprint density at radius 3 is 2.62 bits per heavy atom.